The Bertz CT molecular complexity index is 1770. The summed E-state index contributed by atoms with van der Waals surface area (Å²) in [5, 5.41) is 28.6. The molecule has 2 aromatic carbocycles. The molecule has 0 aliphatic rings. The average molecular weight is 615 g/mol. The van der Waals surface area contributed by atoms with Crippen LogP contribution in [0, 0.1) is 0 Å². The molecule has 0 spiro atoms. The number of aromatic nitrogens is 2. The van der Waals surface area contributed by atoms with Crippen LogP contribution in [0.3, 0.4) is 0 Å². The summed E-state index contributed by atoms with van der Waals surface area (Å²) < 4.78 is 8.61. The fourth-order valence-corrected chi connectivity index (χ4v) is 6.38. The van der Waals surface area contributed by atoms with Crippen molar-refractivity contribution in [1.29, 1.82) is 0 Å². The number of nitrogen functional groups attached to an aromatic ring is 1. The van der Waals surface area contributed by atoms with Crippen LogP contribution in [0.4, 0.5) is 11.5 Å². The number of para-hydroxylation sites is 1. The first-order valence-corrected chi connectivity index (χ1v) is 15.3. The fraction of sp³-hybridized carbons (Fsp3) is 0.273. The van der Waals surface area contributed by atoms with Gasteiger partial charge in [0.05, 0.1) is 26.0 Å². The molecule has 0 aliphatic carbocycles. The Kier molecular flexibility index (Phi) is 10.3. The van der Waals surface area contributed by atoms with Gasteiger partial charge in [0.15, 0.2) is 0 Å². The first-order valence-electron chi connectivity index (χ1n) is 14.5. The summed E-state index contributed by atoms with van der Waals surface area (Å²) in [6.07, 6.45) is 5.86. The molecule has 10 nitrogen and oxygen atoms in total. The van der Waals surface area contributed by atoms with Gasteiger partial charge in [-0.3, -0.25) is 9.69 Å². The molecule has 5 rings (SSSR count). The Balaban J connectivity index is 1.31. The predicted molar refractivity (Wildman–Crippen MR) is 179 cm³/mol. The first-order chi connectivity index (χ1) is 21.4. The molecule has 0 saturated heterocycles. The van der Waals surface area contributed by atoms with E-state index in [2.05, 4.69) is 21.0 Å². The van der Waals surface area contributed by atoms with Crippen LogP contribution in [0.15, 0.2) is 66.2 Å². The van der Waals surface area contributed by atoms with Crippen LogP contribution in [-0.4, -0.2) is 83.6 Å². The molecule has 3 aromatic heterocycles. The summed E-state index contributed by atoms with van der Waals surface area (Å²) >= 11 is 1.60. The number of carbonyl (C=O) groups excluding carboxylic acids is 1. The molecule has 0 radical (unpaired) electrons. The molecule has 3 heterocycles. The Labute approximate surface area is 260 Å². The highest BCUT2D eigenvalue weighted by Gasteiger charge is 2.18. The van der Waals surface area contributed by atoms with Crippen molar-refractivity contribution in [2.24, 2.45) is 7.05 Å². The number of ether oxygens (including phenoxy) is 1. The Morgan fingerprint density at radius 2 is 1.93 bits per heavy atom. The van der Waals surface area contributed by atoms with E-state index in [0.29, 0.717) is 42.6 Å². The largest absolute Gasteiger partial charge is 0.495 e. The summed E-state index contributed by atoms with van der Waals surface area (Å²) in [5.41, 5.74) is 11.3. The van der Waals surface area contributed by atoms with Gasteiger partial charge >= 0.3 is 0 Å². The SMILES string of the molecule is COc1cc(-c2csc3c(/C=C/CNCCN(CCO)CCO)cnc(N)c23)ccc1NC(=O)c1cc2ccccc2n1C. The molecule has 0 fully saturated rings. The molecular formula is C33H38N6O4S. The fourth-order valence-electron chi connectivity index (χ4n) is 5.30. The first kappa shape index (κ1) is 31.2. The van der Waals surface area contributed by atoms with Crippen molar-refractivity contribution in [3.05, 3.63) is 77.4 Å². The van der Waals surface area contributed by atoms with E-state index < -0.39 is 0 Å². The normalized spacial score (nSPS) is 11.8. The van der Waals surface area contributed by atoms with Crippen LogP contribution < -0.4 is 21.1 Å². The number of nitrogens with two attached hydrogens (primary N) is 1. The third-order valence-electron chi connectivity index (χ3n) is 7.59. The van der Waals surface area contributed by atoms with Crippen molar-refractivity contribution in [1.82, 2.24) is 19.8 Å². The van der Waals surface area contributed by atoms with Crippen LogP contribution in [0.5, 0.6) is 5.75 Å². The number of aliphatic hydroxyl groups excluding tert-OH is 2. The quantitative estimate of drug-likeness (QED) is 0.118. The smallest absolute Gasteiger partial charge is 0.272 e. The van der Waals surface area contributed by atoms with E-state index in [1.807, 2.05) is 77.2 Å². The highest BCUT2D eigenvalue weighted by atomic mass is 32.1. The van der Waals surface area contributed by atoms with Gasteiger partial charge in [-0.2, -0.15) is 0 Å². The minimum atomic E-state index is -0.220. The van der Waals surface area contributed by atoms with Gasteiger partial charge in [-0.25, -0.2) is 4.98 Å². The molecule has 5 aromatic rings. The Morgan fingerprint density at radius 1 is 1.14 bits per heavy atom. The van der Waals surface area contributed by atoms with Gasteiger partial charge in [-0.15, -0.1) is 11.3 Å². The van der Waals surface area contributed by atoms with Crippen molar-refractivity contribution < 1.29 is 19.7 Å². The van der Waals surface area contributed by atoms with Gasteiger partial charge < -0.3 is 35.9 Å². The van der Waals surface area contributed by atoms with Crippen molar-refractivity contribution in [2.45, 2.75) is 0 Å². The van der Waals surface area contributed by atoms with Crippen LogP contribution >= 0.6 is 11.3 Å². The molecule has 230 valence electrons. The van der Waals surface area contributed by atoms with Crippen LogP contribution in [-0.2, 0) is 7.05 Å². The van der Waals surface area contributed by atoms with E-state index >= 15 is 0 Å². The zero-order valence-electron chi connectivity index (χ0n) is 24.9. The van der Waals surface area contributed by atoms with Gasteiger partial charge in [-0.1, -0.05) is 36.4 Å². The number of amides is 1. The third-order valence-corrected chi connectivity index (χ3v) is 8.62. The predicted octanol–water partition coefficient (Wildman–Crippen LogP) is 4.19. The number of methoxy groups -OCH3 is 1. The van der Waals surface area contributed by atoms with Gasteiger partial charge in [0, 0.05) is 78.1 Å². The van der Waals surface area contributed by atoms with Crippen molar-refractivity contribution in [2.75, 3.05) is 64.1 Å². The van der Waals surface area contributed by atoms with Crippen LogP contribution in [0.2, 0.25) is 0 Å². The number of aryl methyl sites for hydroxylation is 1. The van der Waals surface area contributed by atoms with E-state index in [-0.39, 0.29) is 19.1 Å². The zero-order chi connectivity index (χ0) is 31.1. The maximum absolute atomic E-state index is 13.2. The summed E-state index contributed by atoms with van der Waals surface area (Å²) in [6, 6.07) is 15.5. The van der Waals surface area contributed by atoms with Crippen LogP contribution in [0.1, 0.15) is 16.1 Å². The van der Waals surface area contributed by atoms with Gasteiger partial charge in [-0.05, 0) is 35.2 Å². The molecule has 0 saturated carbocycles. The second-order valence-electron chi connectivity index (χ2n) is 10.4. The van der Waals surface area contributed by atoms with E-state index in [1.165, 1.54) is 0 Å². The van der Waals surface area contributed by atoms with E-state index in [9.17, 15) is 4.79 Å². The lowest BCUT2D eigenvalue weighted by atomic mass is 10.0. The van der Waals surface area contributed by atoms with E-state index in [4.69, 9.17) is 20.7 Å². The molecule has 6 N–H and O–H groups in total. The monoisotopic (exact) mass is 614 g/mol. The molecular weight excluding hydrogens is 576 g/mol. The second kappa shape index (κ2) is 14.5. The Morgan fingerprint density at radius 3 is 2.68 bits per heavy atom. The van der Waals surface area contributed by atoms with Gasteiger partial charge in [0.2, 0.25) is 0 Å². The number of pyridine rings is 1. The molecule has 11 heteroatoms. The maximum Gasteiger partial charge on any atom is 0.272 e. The van der Waals surface area contributed by atoms with Gasteiger partial charge in [0.1, 0.15) is 17.3 Å². The molecule has 0 bridgehead atoms. The van der Waals surface area contributed by atoms with Gasteiger partial charge in [0.25, 0.3) is 5.91 Å². The number of anilines is 2. The number of nitrogens with one attached hydrogen (secondary N) is 2. The van der Waals surface area contributed by atoms with Crippen molar-refractivity contribution in [3.8, 4) is 16.9 Å². The summed E-state index contributed by atoms with van der Waals surface area (Å²) in [5.74, 6) is 0.772. The number of fused-ring (bicyclic) bond motifs is 2. The number of hydrogen-bond acceptors (Lipinski definition) is 9. The highest BCUT2D eigenvalue weighted by Crippen LogP contribution is 2.41. The number of thiophene rings is 1. The number of rotatable bonds is 14. The number of nitrogens with zero attached hydrogens (tertiary/aromatic N) is 3. The molecule has 0 aliphatic heterocycles. The minimum Gasteiger partial charge on any atom is -0.495 e. The van der Waals surface area contributed by atoms with E-state index in [0.717, 1.165) is 50.8 Å². The number of benzene rings is 2. The Hall–Kier alpha value is -4.26. The topological polar surface area (TPSA) is 138 Å². The molecule has 1 amide bonds. The van der Waals surface area contributed by atoms with Crippen molar-refractivity contribution >= 4 is 55.8 Å². The summed E-state index contributed by atoms with van der Waals surface area (Å²) in [4.78, 5) is 19.7. The number of aliphatic hydroxyl groups is 2. The zero-order valence-corrected chi connectivity index (χ0v) is 25.7. The van der Waals surface area contributed by atoms with Crippen molar-refractivity contribution in [3.63, 3.8) is 0 Å². The molecule has 0 unspecified atom stereocenters. The summed E-state index contributed by atoms with van der Waals surface area (Å²) in [7, 11) is 3.47. The number of hydrogen-bond donors (Lipinski definition) is 5. The summed E-state index contributed by atoms with van der Waals surface area (Å²) in [6.45, 7) is 3.38. The standard InChI is InChI=1S/C33H38N6O4S/c1-38-27-8-4-3-6-23(27)18-28(38)33(42)37-26-10-9-22(19-29(26)43-2)25-21-44-31-24(20-36-32(34)30(25)31)7-5-11-35-12-13-39(14-16-40)15-17-41/h3-10,18-21,35,40-41H,11-17H2,1-2H3,(H2,34,36)(H,37,42)/b7-5+. The lowest BCUT2D eigenvalue weighted by Gasteiger charge is -2.19. The maximum atomic E-state index is 13.2. The van der Waals surface area contributed by atoms with Crippen LogP contribution in [0.25, 0.3) is 38.2 Å². The van der Waals surface area contributed by atoms with E-state index in [1.54, 1.807) is 24.6 Å². The number of carbonyl (C=O) groups is 1. The second-order valence-corrected chi connectivity index (χ2v) is 11.2. The minimum absolute atomic E-state index is 0.0717. The molecule has 44 heavy (non-hydrogen) atoms. The highest BCUT2D eigenvalue weighted by molar-refractivity contribution is 7.18. The third kappa shape index (κ3) is 6.77. The average Bonchev–Trinajstić information content (AvgIpc) is 3.63. The lowest BCUT2D eigenvalue weighted by Crippen LogP contribution is -2.36. The molecule has 0 atom stereocenters. The lowest BCUT2D eigenvalue weighted by molar-refractivity contribution is 0.101.